The number of primary amides is 1. The molecule has 0 atom stereocenters. The average Bonchev–Trinajstić information content (AvgIpc) is 2.91. The summed E-state index contributed by atoms with van der Waals surface area (Å²) in [5.74, 6) is 0.450. The maximum absolute atomic E-state index is 13.0. The van der Waals surface area contributed by atoms with Gasteiger partial charge in [-0.3, -0.25) is 9.59 Å². The quantitative estimate of drug-likeness (QED) is 0.390. The highest BCUT2D eigenvalue weighted by atomic mass is 35.5. The molecule has 0 bridgehead atoms. The van der Waals surface area contributed by atoms with E-state index in [9.17, 15) is 9.59 Å². The van der Waals surface area contributed by atoms with Crippen molar-refractivity contribution in [2.75, 3.05) is 31.1 Å². The van der Waals surface area contributed by atoms with Gasteiger partial charge in [0.15, 0.2) is 0 Å². The first-order chi connectivity index (χ1) is 18.0. The summed E-state index contributed by atoms with van der Waals surface area (Å²) in [5, 5.41) is 3.01. The van der Waals surface area contributed by atoms with Crippen LogP contribution in [0.4, 0.5) is 5.82 Å². The van der Waals surface area contributed by atoms with Crippen LogP contribution >= 0.6 is 11.6 Å². The van der Waals surface area contributed by atoms with E-state index in [-0.39, 0.29) is 5.91 Å². The van der Waals surface area contributed by atoms with Crippen LogP contribution in [0.15, 0.2) is 78.9 Å². The number of carbonyl (C=O) groups is 2. The highest BCUT2D eigenvalue weighted by molar-refractivity contribution is 6.30. The predicted molar refractivity (Wildman–Crippen MR) is 148 cm³/mol. The van der Waals surface area contributed by atoms with Gasteiger partial charge in [0.2, 0.25) is 5.91 Å². The molecular formula is C30H29ClN4O2. The van der Waals surface area contributed by atoms with Crippen molar-refractivity contribution >= 4 is 40.0 Å². The molecule has 1 aliphatic heterocycles. The van der Waals surface area contributed by atoms with E-state index in [1.807, 2.05) is 53.4 Å². The number of benzene rings is 3. The number of pyridine rings is 1. The number of aromatic nitrogens is 1. The van der Waals surface area contributed by atoms with Gasteiger partial charge in [-0.15, -0.1) is 0 Å². The first kappa shape index (κ1) is 24.8. The van der Waals surface area contributed by atoms with E-state index >= 15 is 0 Å². The van der Waals surface area contributed by atoms with Gasteiger partial charge >= 0.3 is 0 Å². The molecule has 5 rings (SSSR count). The lowest BCUT2D eigenvalue weighted by Gasteiger charge is -2.35. The molecule has 0 radical (unpaired) electrons. The molecule has 1 fully saturated rings. The Hall–Kier alpha value is -3.90. The minimum atomic E-state index is -0.482. The minimum Gasteiger partial charge on any atom is -0.366 e. The fraction of sp³-hybridized carbons (Fsp3) is 0.233. The number of rotatable bonds is 7. The van der Waals surface area contributed by atoms with Gasteiger partial charge < -0.3 is 15.5 Å². The maximum Gasteiger partial charge on any atom is 0.250 e. The van der Waals surface area contributed by atoms with Crippen LogP contribution in [0.5, 0.6) is 0 Å². The maximum atomic E-state index is 13.0. The summed E-state index contributed by atoms with van der Waals surface area (Å²) in [4.78, 5) is 33.9. The van der Waals surface area contributed by atoms with E-state index in [0.29, 0.717) is 61.7 Å². The highest BCUT2D eigenvalue weighted by Crippen LogP contribution is 2.21. The van der Waals surface area contributed by atoms with Gasteiger partial charge in [0.1, 0.15) is 5.82 Å². The molecule has 0 spiro atoms. The summed E-state index contributed by atoms with van der Waals surface area (Å²) in [7, 11) is 0. The van der Waals surface area contributed by atoms with Crippen molar-refractivity contribution in [1.82, 2.24) is 9.88 Å². The highest BCUT2D eigenvalue weighted by Gasteiger charge is 2.23. The number of fused-ring (bicyclic) bond motifs is 1. The first-order valence-corrected chi connectivity index (χ1v) is 12.9. The Labute approximate surface area is 221 Å². The predicted octanol–water partition coefficient (Wildman–Crippen LogP) is 4.66. The van der Waals surface area contributed by atoms with E-state index in [0.717, 1.165) is 22.3 Å². The molecule has 188 valence electrons. The van der Waals surface area contributed by atoms with Crippen molar-refractivity contribution in [3.05, 3.63) is 106 Å². The number of nitrogens with two attached hydrogens (primary N) is 1. The third-order valence-corrected chi connectivity index (χ3v) is 7.13. The second-order valence-corrected chi connectivity index (χ2v) is 9.82. The molecule has 2 amide bonds. The summed E-state index contributed by atoms with van der Waals surface area (Å²) in [5.41, 5.74) is 8.85. The fourth-order valence-electron chi connectivity index (χ4n) is 4.86. The van der Waals surface area contributed by atoms with Crippen LogP contribution in [-0.2, 0) is 24.1 Å². The van der Waals surface area contributed by atoms with Crippen molar-refractivity contribution in [3.8, 4) is 0 Å². The Balaban J connectivity index is 1.22. The normalized spacial score (nSPS) is 13.6. The molecule has 1 saturated heterocycles. The lowest BCUT2D eigenvalue weighted by Crippen LogP contribution is -2.49. The number of hydrogen-bond donors (Lipinski definition) is 1. The van der Waals surface area contributed by atoms with Crippen LogP contribution in [0.25, 0.3) is 10.8 Å². The molecule has 37 heavy (non-hydrogen) atoms. The molecule has 2 heterocycles. The number of hydrogen-bond acceptors (Lipinski definition) is 4. The van der Waals surface area contributed by atoms with E-state index in [4.69, 9.17) is 22.3 Å². The second kappa shape index (κ2) is 11.0. The number of carbonyl (C=O) groups excluding carboxylic acids is 2. The van der Waals surface area contributed by atoms with Gasteiger partial charge in [0.25, 0.3) is 5.91 Å². The number of aryl methyl sites for hydroxylation is 2. The van der Waals surface area contributed by atoms with Gasteiger partial charge in [-0.05, 0) is 59.0 Å². The summed E-state index contributed by atoms with van der Waals surface area (Å²) in [6, 6.07) is 25.7. The van der Waals surface area contributed by atoms with Crippen molar-refractivity contribution in [2.24, 2.45) is 5.73 Å². The third kappa shape index (κ3) is 5.92. The zero-order valence-corrected chi connectivity index (χ0v) is 21.3. The SMILES string of the molecule is NC(=O)c1ccc(N2CCN(C(=O)Cc3ccc4ccccc4c3)CC2)nc1CCc1cccc(Cl)c1. The van der Waals surface area contributed by atoms with E-state index in [1.165, 1.54) is 5.39 Å². The zero-order valence-electron chi connectivity index (χ0n) is 20.6. The third-order valence-electron chi connectivity index (χ3n) is 6.89. The van der Waals surface area contributed by atoms with E-state index in [2.05, 4.69) is 29.2 Å². The molecular weight excluding hydrogens is 484 g/mol. The molecule has 0 aliphatic carbocycles. The number of amides is 2. The molecule has 4 aromatic rings. The van der Waals surface area contributed by atoms with Gasteiger partial charge in [-0.25, -0.2) is 4.98 Å². The van der Waals surface area contributed by atoms with Crippen LogP contribution < -0.4 is 10.6 Å². The van der Waals surface area contributed by atoms with E-state index in [1.54, 1.807) is 6.07 Å². The zero-order chi connectivity index (χ0) is 25.8. The number of piperazine rings is 1. The van der Waals surface area contributed by atoms with Crippen molar-refractivity contribution < 1.29 is 9.59 Å². The standard InChI is InChI=1S/C30H29ClN4O2/c31-25-7-3-4-21(19-25)9-12-27-26(30(32)37)11-13-28(33-27)34-14-16-35(17-15-34)29(36)20-22-8-10-23-5-1-2-6-24(23)18-22/h1-8,10-11,13,18-19H,9,12,14-17,20H2,(H2,32,37). The number of anilines is 1. The molecule has 0 saturated carbocycles. The van der Waals surface area contributed by atoms with Crippen molar-refractivity contribution in [1.29, 1.82) is 0 Å². The van der Waals surface area contributed by atoms with Crippen LogP contribution in [-0.4, -0.2) is 47.9 Å². The lowest BCUT2D eigenvalue weighted by molar-refractivity contribution is -0.130. The number of halogens is 1. The van der Waals surface area contributed by atoms with Crippen LogP contribution in [0.3, 0.4) is 0 Å². The molecule has 6 nitrogen and oxygen atoms in total. The van der Waals surface area contributed by atoms with Gasteiger partial charge in [-0.2, -0.15) is 0 Å². The van der Waals surface area contributed by atoms with Crippen molar-refractivity contribution in [3.63, 3.8) is 0 Å². The molecule has 7 heteroatoms. The Morgan fingerprint density at radius 2 is 1.59 bits per heavy atom. The Bertz CT molecular complexity index is 1450. The monoisotopic (exact) mass is 512 g/mol. The lowest BCUT2D eigenvalue weighted by atomic mass is 10.0. The van der Waals surface area contributed by atoms with Crippen LogP contribution in [0.2, 0.25) is 5.02 Å². The Morgan fingerprint density at radius 1 is 0.811 bits per heavy atom. The van der Waals surface area contributed by atoms with E-state index < -0.39 is 5.91 Å². The largest absolute Gasteiger partial charge is 0.366 e. The van der Waals surface area contributed by atoms with Gasteiger partial charge in [0, 0.05) is 31.2 Å². The summed E-state index contributed by atoms with van der Waals surface area (Å²) < 4.78 is 0. The summed E-state index contributed by atoms with van der Waals surface area (Å²) >= 11 is 6.11. The van der Waals surface area contributed by atoms with Gasteiger partial charge in [0.05, 0.1) is 17.7 Å². The Kier molecular flexibility index (Phi) is 7.37. The molecule has 2 N–H and O–H groups in total. The average molecular weight is 513 g/mol. The number of nitrogens with zero attached hydrogens (tertiary/aromatic N) is 3. The topological polar surface area (TPSA) is 79.5 Å². The molecule has 3 aromatic carbocycles. The van der Waals surface area contributed by atoms with Crippen LogP contribution in [0.1, 0.15) is 27.2 Å². The fourth-order valence-corrected chi connectivity index (χ4v) is 5.07. The summed E-state index contributed by atoms with van der Waals surface area (Å²) in [6.45, 7) is 2.62. The smallest absolute Gasteiger partial charge is 0.250 e. The second-order valence-electron chi connectivity index (χ2n) is 9.38. The van der Waals surface area contributed by atoms with Gasteiger partial charge in [-0.1, -0.05) is 66.2 Å². The van der Waals surface area contributed by atoms with Crippen molar-refractivity contribution in [2.45, 2.75) is 19.3 Å². The first-order valence-electron chi connectivity index (χ1n) is 12.5. The summed E-state index contributed by atoms with van der Waals surface area (Å²) in [6.07, 6.45) is 1.68. The molecule has 0 unspecified atom stereocenters. The minimum absolute atomic E-state index is 0.133. The molecule has 1 aliphatic rings. The Morgan fingerprint density at radius 3 is 2.35 bits per heavy atom. The molecule has 1 aromatic heterocycles. The van der Waals surface area contributed by atoms with Crippen LogP contribution in [0, 0.1) is 0 Å².